The van der Waals surface area contributed by atoms with Crippen LogP contribution in [-0.2, 0) is 30.5 Å². The van der Waals surface area contributed by atoms with Crippen LogP contribution in [0, 0.1) is 17.3 Å². The maximum absolute atomic E-state index is 13.1. The second kappa shape index (κ2) is 15.0. The second-order valence-electron chi connectivity index (χ2n) is 10.5. The van der Waals surface area contributed by atoms with Crippen LogP contribution in [0.25, 0.3) is 0 Å². The lowest BCUT2D eigenvalue weighted by Gasteiger charge is -2.24. The summed E-state index contributed by atoms with van der Waals surface area (Å²) in [5.41, 5.74) is 5.81. The minimum absolute atomic E-state index is 0.0594. The Bertz CT molecular complexity index is 937. The van der Waals surface area contributed by atoms with Crippen molar-refractivity contribution in [2.24, 2.45) is 23.0 Å². The number of hydrogen-bond donors (Lipinski definition) is 4. The van der Waals surface area contributed by atoms with Crippen LogP contribution in [0.15, 0.2) is 24.3 Å². The third-order valence-electron chi connectivity index (χ3n) is 5.70. The maximum atomic E-state index is 13.1. The van der Waals surface area contributed by atoms with Gasteiger partial charge in [0.1, 0.15) is 6.61 Å². The number of nitrogens with two attached hydrogens (primary N) is 1. The van der Waals surface area contributed by atoms with Crippen LogP contribution in [-0.4, -0.2) is 42.2 Å². The van der Waals surface area contributed by atoms with Crippen LogP contribution >= 0.6 is 0 Å². The molecule has 10 nitrogen and oxygen atoms in total. The molecule has 1 aromatic carbocycles. The number of anilines is 1. The molecule has 4 amide bonds. The highest BCUT2D eigenvalue weighted by Gasteiger charge is 2.29. The number of carbonyl (C=O) groups excluding carboxylic acids is 5. The van der Waals surface area contributed by atoms with Crippen molar-refractivity contribution >= 4 is 35.3 Å². The summed E-state index contributed by atoms with van der Waals surface area (Å²) < 4.78 is 5.31. The lowest BCUT2D eigenvalue weighted by molar-refractivity contribution is -0.154. The minimum atomic E-state index is -0.693. The molecule has 1 aromatic rings. The first-order valence-corrected chi connectivity index (χ1v) is 12.7. The van der Waals surface area contributed by atoms with Gasteiger partial charge in [0, 0.05) is 31.0 Å². The zero-order valence-corrected chi connectivity index (χ0v) is 22.8. The first-order valence-electron chi connectivity index (χ1n) is 12.7. The lowest BCUT2D eigenvalue weighted by atomic mass is 9.89. The Balaban J connectivity index is 2.89. The maximum Gasteiger partial charge on any atom is 0.312 e. The molecule has 0 heterocycles. The van der Waals surface area contributed by atoms with Gasteiger partial charge in [0.25, 0.3) is 0 Å². The molecule has 0 fully saturated rings. The van der Waals surface area contributed by atoms with E-state index in [0.717, 1.165) is 5.56 Å². The highest BCUT2D eigenvalue weighted by atomic mass is 16.5. The summed E-state index contributed by atoms with van der Waals surface area (Å²) in [6.07, 6.45) is 0.978. The first-order chi connectivity index (χ1) is 17.2. The molecule has 0 saturated carbocycles. The Labute approximate surface area is 219 Å². The number of amides is 4. The Hall–Kier alpha value is -3.43. The molecule has 2 atom stereocenters. The molecule has 5 N–H and O–H groups in total. The van der Waals surface area contributed by atoms with Crippen molar-refractivity contribution in [1.82, 2.24) is 10.6 Å². The van der Waals surface area contributed by atoms with Crippen molar-refractivity contribution in [2.45, 2.75) is 79.9 Å². The molecule has 0 aliphatic carbocycles. The van der Waals surface area contributed by atoms with Gasteiger partial charge in [-0.1, -0.05) is 32.9 Å². The molecular formula is C27H42N4O6. The molecule has 1 rings (SSSR count). The van der Waals surface area contributed by atoms with E-state index in [9.17, 15) is 24.0 Å². The number of Topliss-reactive ketones (excluding diaryl/α,β-unsaturated/α-hetero) is 1. The van der Waals surface area contributed by atoms with E-state index in [0.29, 0.717) is 18.5 Å². The SMILES string of the molecule is CCC(=O)N[C@@H](C(=O)C[C@H](CCCNC(N)=O)C(=O)Nc1ccc(COC(=O)C(C)(C)C)cc1)C(C)C. The van der Waals surface area contributed by atoms with Gasteiger partial charge in [-0.25, -0.2) is 4.79 Å². The van der Waals surface area contributed by atoms with Gasteiger partial charge in [0.2, 0.25) is 11.8 Å². The van der Waals surface area contributed by atoms with E-state index < -0.39 is 23.4 Å². The van der Waals surface area contributed by atoms with Crippen LogP contribution in [0.5, 0.6) is 0 Å². The third-order valence-corrected chi connectivity index (χ3v) is 5.70. The molecule has 0 saturated heterocycles. The monoisotopic (exact) mass is 518 g/mol. The van der Waals surface area contributed by atoms with E-state index in [-0.39, 0.29) is 55.5 Å². The predicted octanol–water partition coefficient (Wildman–Crippen LogP) is 3.29. The second-order valence-corrected chi connectivity index (χ2v) is 10.5. The van der Waals surface area contributed by atoms with Crippen molar-refractivity contribution in [3.05, 3.63) is 29.8 Å². The first kappa shape index (κ1) is 31.6. The number of hydrogen-bond acceptors (Lipinski definition) is 6. The number of ether oxygens (including phenoxy) is 1. The van der Waals surface area contributed by atoms with Gasteiger partial charge < -0.3 is 26.4 Å². The Morgan fingerprint density at radius 2 is 1.65 bits per heavy atom. The van der Waals surface area contributed by atoms with Crippen molar-refractivity contribution in [3.63, 3.8) is 0 Å². The fourth-order valence-corrected chi connectivity index (χ4v) is 3.44. The third kappa shape index (κ3) is 11.9. The van der Waals surface area contributed by atoms with Gasteiger partial charge in [-0.3, -0.25) is 19.2 Å². The number of rotatable bonds is 14. The standard InChI is InChI=1S/C27H42N4O6/c1-7-22(33)31-23(17(2)3)21(32)15-19(9-8-14-29-26(28)36)24(34)30-20-12-10-18(11-13-20)16-37-25(35)27(4,5)6/h10-13,17,19,23H,7-9,14-16H2,1-6H3,(H,30,34)(H,31,33)(H3,28,29,36)/t19-,23+/m0/s1. The fourth-order valence-electron chi connectivity index (χ4n) is 3.44. The minimum Gasteiger partial charge on any atom is -0.460 e. The topological polar surface area (TPSA) is 157 Å². The molecule has 0 aliphatic rings. The average Bonchev–Trinajstić information content (AvgIpc) is 2.82. The summed E-state index contributed by atoms with van der Waals surface area (Å²) in [6.45, 7) is 11.1. The number of esters is 1. The van der Waals surface area contributed by atoms with Gasteiger partial charge in [-0.15, -0.1) is 0 Å². The van der Waals surface area contributed by atoms with Crippen LogP contribution in [0.1, 0.15) is 72.8 Å². The summed E-state index contributed by atoms with van der Waals surface area (Å²) in [4.78, 5) is 61.0. The summed E-state index contributed by atoms with van der Waals surface area (Å²) in [5.74, 6) is -1.91. The van der Waals surface area contributed by atoms with E-state index in [2.05, 4.69) is 16.0 Å². The van der Waals surface area contributed by atoms with Crippen molar-refractivity contribution in [2.75, 3.05) is 11.9 Å². The summed E-state index contributed by atoms with van der Waals surface area (Å²) in [6, 6.07) is 5.54. The van der Waals surface area contributed by atoms with Crippen LogP contribution < -0.4 is 21.7 Å². The van der Waals surface area contributed by atoms with Gasteiger partial charge in [-0.05, 0) is 57.2 Å². The highest BCUT2D eigenvalue weighted by Crippen LogP contribution is 2.20. The van der Waals surface area contributed by atoms with Crippen LogP contribution in [0.2, 0.25) is 0 Å². The molecule has 0 spiro atoms. The fraction of sp³-hybridized carbons (Fsp3) is 0.593. The largest absolute Gasteiger partial charge is 0.460 e. The van der Waals surface area contributed by atoms with E-state index in [1.807, 2.05) is 13.8 Å². The quantitative estimate of drug-likeness (QED) is 0.219. The number of urea groups is 1. The molecular weight excluding hydrogens is 476 g/mol. The number of ketones is 1. The number of carbonyl (C=O) groups is 5. The van der Waals surface area contributed by atoms with Gasteiger partial charge in [0.15, 0.2) is 5.78 Å². The predicted molar refractivity (Wildman–Crippen MR) is 141 cm³/mol. The summed E-state index contributed by atoms with van der Waals surface area (Å²) in [5, 5.41) is 8.07. The summed E-state index contributed by atoms with van der Waals surface area (Å²) in [7, 11) is 0. The van der Waals surface area contributed by atoms with Crippen LogP contribution in [0.3, 0.4) is 0 Å². The van der Waals surface area contributed by atoms with E-state index in [4.69, 9.17) is 10.5 Å². The normalized spacial score (nSPS) is 12.8. The smallest absolute Gasteiger partial charge is 0.312 e. The van der Waals surface area contributed by atoms with Crippen molar-refractivity contribution in [3.8, 4) is 0 Å². The zero-order chi connectivity index (χ0) is 28.2. The molecule has 0 bridgehead atoms. The number of nitrogens with one attached hydrogen (secondary N) is 3. The highest BCUT2D eigenvalue weighted by molar-refractivity contribution is 5.97. The van der Waals surface area contributed by atoms with E-state index >= 15 is 0 Å². The molecule has 206 valence electrons. The number of benzene rings is 1. The molecule has 0 radical (unpaired) electrons. The molecule has 0 aliphatic heterocycles. The molecule has 0 aromatic heterocycles. The molecule has 37 heavy (non-hydrogen) atoms. The average molecular weight is 519 g/mol. The van der Waals surface area contributed by atoms with E-state index in [1.165, 1.54) is 0 Å². The van der Waals surface area contributed by atoms with Crippen molar-refractivity contribution < 1.29 is 28.7 Å². The Morgan fingerprint density at radius 1 is 1.03 bits per heavy atom. The zero-order valence-electron chi connectivity index (χ0n) is 22.8. The molecule has 0 unspecified atom stereocenters. The number of primary amides is 1. The van der Waals surface area contributed by atoms with E-state index in [1.54, 1.807) is 52.0 Å². The Kier molecular flexibility index (Phi) is 12.8. The van der Waals surface area contributed by atoms with Gasteiger partial charge in [0.05, 0.1) is 11.5 Å². The van der Waals surface area contributed by atoms with Gasteiger partial charge >= 0.3 is 12.0 Å². The summed E-state index contributed by atoms with van der Waals surface area (Å²) >= 11 is 0. The molecule has 10 heteroatoms. The van der Waals surface area contributed by atoms with Crippen molar-refractivity contribution in [1.29, 1.82) is 0 Å². The Morgan fingerprint density at radius 3 is 2.16 bits per heavy atom. The van der Waals surface area contributed by atoms with Gasteiger partial charge in [-0.2, -0.15) is 0 Å². The lowest BCUT2D eigenvalue weighted by Crippen LogP contribution is -2.45. The van der Waals surface area contributed by atoms with Crippen LogP contribution in [0.4, 0.5) is 10.5 Å².